The second-order valence-corrected chi connectivity index (χ2v) is 4.20. The van der Waals surface area contributed by atoms with E-state index in [1.54, 1.807) is 0 Å². The topological polar surface area (TPSA) is 20.2 Å². The zero-order valence-electron chi connectivity index (χ0n) is 8.82. The van der Waals surface area contributed by atoms with Crippen LogP contribution in [0.1, 0.15) is 48.8 Å². The van der Waals surface area contributed by atoms with Crippen LogP contribution in [0.15, 0.2) is 24.3 Å². The summed E-state index contributed by atoms with van der Waals surface area (Å²) in [5.74, 6) is 3.30. The second-order valence-electron chi connectivity index (χ2n) is 4.20. The lowest BCUT2D eigenvalue weighted by molar-refractivity contribution is 0.169. The van der Waals surface area contributed by atoms with Gasteiger partial charge in [-0.1, -0.05) is 24.3 Å². The minimum atomic E-state index is -0.403. The highest BCUT2D eigenvalue weighted by molar-refractivity contribution is 5.30. The zero-order valence-corrected chi connectivity index (χ0v) is 8.82. The van der Waals surface area contributed by atoms with Gasteiger partial charge in [-0.15, -0.1) is 12.3 Å². The van der Waals surface area contributed by atoms with E-state index in [4.69, 9.17) is 6.42 Å². The Balaban J connectivity index is 2.06. The molecule has 0 radical (unpaired) electrons. The molecule has 1 nitrogen and oxygen atoms in total. The van der Waals surface area contributed by atoms with Crippen molar-refractivity contribution in [3.63, 3.8) is 0 Å². The average Bonchev–Trinajstić information content (AvgIpc) is 3.10. The van der Waals surface area contributed by atoms with Gasteiger partial charge in [0.05, 0.1) is 6.10 Å². The van der Waals surface area contributed by atoms with Gasteiger partial charge >= 0.3 is 0 Å². The predicted octanol–water partition coefficient (Wildman–Crippen LogP) is 3.01. The molecule has 1 N–H and O–H groups in total. The fourth-order valence-electron chi connectivity index (χ4n) is 1.82. The molecule has 1 aromatic carbocycles. The lowest BCUT2D eigenvalue weighted by atomic mass is 10.0. The maximum absolute atomic E-state index is 9.88. The van der Waals surface area contributed by atoms with Gasteiger partial charge in [-0.05, 0) is 36.3 Å². The summed E-state index contributed by atoms with van der Waals surface area (Å²) in [6.45, 7) is 0. The molecule has 0 amide bonds. The van der Waals surface area contributed by atoms with E-state index >= 15 is 0 Å². The SMILES string of the molecule is C#CCCC(O)c1cccc(C2CC2)c1. The Morgan fingerprint density at radius 2 is 2.27 bits per heavy atom. The number of terminal acetylenes is 1. The molecule has 1 aromatic rings. The lowest BCUT2D eigenvalue weighted by Gasteiger charge is -2.10. The highest BCUT2D eigenvalue weighted by atomic mass is 16.3. The van der Waals surface area contributed by atoms with Crippen LogP contribution < -0.4 is 0 Å². The van der Waals surface area contributed by atoms with Crippen molar-refractivity contribution in [3.8, 4) is 12.3 Å². The van der Waals surface area contributed by atoms with E-state index in [9.17, 15) is 5.11 Å². The van der Waals surface area contributed by atoms with Crippen LogP contribution in [0.5, 0.6) is 0 Å². The Hall–Kier alpha value is -1.26. The van der Waals surface area contributed by atoms with Gasteiger partial charge in [0, 0.05) is 6.42 Å². The summed E-state index contributed by atoms with van der Waals surface area (Å²) >= 11 is 0. The number of rotatable bonds is 4. The fraction of sp³-hybridized carbons (Fsp3) is 0.429. The molecule has 1 fully saturated rings. The molecule has 1 heteroatoms. The monoisotopic (exact) mass is 200 g/mol. The molecule has 15 heavy (non-hydrogen) atoms. The third-order valence-electron chi connectivity index (χ3n) is 2.91. The fourth-order valence-corrected chi connectivity index (χ4v) is 1.82. The average molecular weight is 200 g/mol. The maximum Gasteiger partial charge on any atom is 0.0799 e. The first-order valence-electron chi connectivity index (χ1n) is 5.52. The molecule has 1 atom stereocenters. The van der Waals surface area contributed by atoms with Crippen LogP contribution in [0.25, 0.3) is 0 Å². The summed E-state index contributed by atoms with van der Waals surface area (Å²) in [5, 5.41) is 9.88. The van der Waals surface area contributed by atoms with E-state index in [1.165, 1.54) is 18.4 Å². The summed E-state index contributed by atoms with van der Waals surface area (Å²) in [5.41, 5.74) is 2.38. The van der Waals surface area contributed by atoms with Gasteiger partial charge in [0.25, 0.3) is 0 Å². The third-order valence-corrected chi connectivity index (χ3v) is 2.91. The quantitative estimate of drug-likeness (QED) is 0.741. The van der Waals surface area contributed by atoms with Gasteiger partial charge in [0.2, 0.25) is 0 Å². The second kappa shape index (κ2) is 4.51. The number of benzene rings is 1. The van der Waals surface area contributed by atoms with Crippen LogP contribution in [0, 0.1) is 12.3 Å². The zero-order chi connectivity index (χ0) is 10.7. The molecule has 0 bridgehead atoms. The van der Waals surface area contributed by atoms with E-state index in [0.29, 0.717) is 12.8 Å². The molecule has 1 saturated carbocycles. The van der Waals surface area contributed by atoms with Gasteiger partial charge in [0.1, 0.15) is 0 Å². The lowest BCUT2D eigenvalue weighted by Crippen LogP contribution is -1.97. The van der Waals surface area contributed by atoms with Crippen molar-refractivity contribution in [1.82, 2.24) is 0 Å². The molecule has 0 aliphatic heterocycles. The van der Waals surface area contributed by atoms with Crippen molar-refractivity contribution in [2.75, 3.05) is 0 Å². The predicted molar refractivity (Wildman–Crippen MR) is 61.4 cm³/mol. The van der Waals surface area contributed by atoms with Gasteiger partial charge in [-0.25, -0.2) is 0 Å². The molecule has 78 valence electrons. The van der Waals surface area contributed by atoms with Gasteiger partial charge < -0.3 is 5.11 Å². The van der Waals surface area contributed by atoms with E-state index in [1.807, 2.05) is 12.1 Å². The molecule has 0 aromatic heterocycles. The molecule has 2 rings (SSSR count). The van der Waals surface area contributed by atoms with Crippen LogP contribution in [0.3, 0.4) is 0 Å². The Bertz CT molecular complexity index is 371. The molecular weight excluding hydrogens is 184 g/mol. The first-order chi connectivity index (χ1) is 7.31. The van der Waals surface area contributed by atoms with Crippen LogP contribution >= 0.6 is 0 Å². The molecular formula is C14H16O. The summed E-state index contributed by atoms with van der Waals surface area (Å²) in [7, 11) is 0. The van der Waals surface area contributed by atoms with Crippen molar-refractivity contribution in [1.29, 1.82) is 0 Å². The third kappa shape index (κ3) is 2.61. The molecule has 1 unspecified atom stereocenters. The van der Waals surface area contributed by atoms with Crippen molar-refractivity contribution in [3.05, 3.63) is 35.4 Å². The van der Waals surface area contributed by atoms with Crippen LogP contribution in [-0.4, -0.2) is 5.11 Å². The van der Waals surface area contributed by atoms with Crippen molar-refractivity contribution >= 4 is 0 Å². The standard InChI is InChI=1S/C14H16O/c1-2-3-7-14(15)13-6-4-5-12(10-13)11-8-9-11/h1,4-6,10-11,14-15H,3,7-9H2. The molecule has 0 heterocycles. The number of hydrogen-bond acceptors (Lipinski definition) is 1. The first kappa shape index (κ1) is 10.3. The van der Waals surface area contributed by atoms with E-state index in [-0.39, 0.29) is 0 Å². The van der Waals surface area contributed by atoms with Crippen molar-refractivity contribution in [2.45, 2.75) is 37.7 Å². The summed E-state index contributed by atoms with van der Waals surface area (Å²) < 4.78 is 0. The van der Waals surface area contributed by atoms with Crippen molar-refractivity contribution < 1.29 is 5.11 Å². The normalized spacial score (nSPS) is 17.1. The van der Waals surface area contributed by atoms with E-state index in [2.05, 4.69) is 18.1 Å². The molecule has 0 saturated heterocycles. The van der Waals surface area contributed by atoms with E-state index < -0.39 is 6.10 Å². The number of hydrogen-bond donors (Lipinski definition) is 1. The molecule has 1 aliphatic rings. The minimum Gasteiger partial charge on any atom is -0.388 e. The largest absolute Gasteiger partial charge is 0.388 e. The Morgan fingerprint density at radius 3 is 2.93 bits per heavy atom. The molecule has 1 aliphatic carbocycles. The van der Waals surface area contributed by atoms with E-state index in [0.717, 1.165) is 11.5 Å². The first-order valence-corrected chi connectivity index (χ1v) is 5.52. The summed E-state index contributed by atoms with van der Waals surface area (Å²) in [6.07, 6.45) is 8.66. The Labute approximate surface area is 91.1 Å². The minimum absolute atomic E-state index is 0.403. The Kier molecular flexibility index (Phi) is 3.08. The van der Waals surface area contributed by atoms with Gasteiger partial charge in [-0.3, -0.25) is 0 Å². The highest BCUT2D eigenvalue weighted by Gasteiger charge is 2.23. The summed E-state index contributed by atoms with van der Waals surface area (Å²) in [6, 6.07) is 8.28. The Morgan fingerprint density at radius 1 is 1.47 bits per heavy atom. The number of aliphatic hydroxyl groups is 1. The van der Waals surface area contributed by atoms with Crippen molar-refractivity contribution in [2.24, 2.45) is 0 Å². The maximum atomic E-state index is 9.88. The molecule has 0 spiro atoms. The van der Waals surface area contributed by atoms with Gasteiger partial charge in [-0.2, -0.15) is 0 Å². The number of aliphatic hydroxyl groups excluding tert-OH is 1. The van der Waals surface area contributed by atoms with Crippen LogP contribution in [0.4, 0.5) is 0 Å². The summed E-state index contributed by atoms with van der Waals surface area (Å²) in [4.78, 5) is 0. The van der Waals surface area contributed by atoms with Crippen LogP contribution in [0.2, 0.25) is 0 Å². The van der Waals surface area contributed by atoms with Crippen LogP contribution in [-0.2, 0) is 0 Å². The highest BCUT2D eigenvalue weighted by Crippen LogP contribution is 2.40. The smallest absolute Gasteiger partial charge is 0.0799 e. The van der Waals surface area contributed by atoms with Gasteiger partial charge in [0.15, 0.2) is 0 Å².